The molecule has 0 aliphatic heterocycles. The van der Waals surface area contributed by atoms with E-state index in [1.807, 2.05) is 30.3 Å². The second-order valence-corrected chi connectivity index (χ2v) is 8.62. The predicted molar refractivity (Wildman–Crippen MR) is 128 cm³/mol. The van der Waals surface area contributed by atoms with Gasteiger partial charge in [-0.25, -0.2) is 0 Å². The van der Waals surface area contributed by atoms with Gasteiger partial charge in [-0.15, -0.1) is 0 Å². The molecular weight excluding hydrogens is 462 g/mol. The maximum absolute atomic E-state index is 6.02. The largest absolute Gasteiger partial charge is 0.493 e. The van der Waals surface area contributed by atoms with Crippen LogP contribution in [-0.2, 0) is 19.6 Å². The molecule has 0 heterocycles. The molecule has 0 amide bonds. The van der Waals surface area contributed by atoms with Crippen molar-refractivity contribution in [1.82, 2.24) is 5.32 Å². The van der Waals surface area contributed by atoms with E-state index in [4.69, 9.17) is 21.1 Å². The first-order valence-electron chi connectivity index (χ1n) is 10.1. The van der Waals surface area contributed by atoms with Crippen molar-refractivity contribution in [1.29, 1.82) is 0 Å². The first kappa shape index (κ1) is 22.7. The predicted octanol–water partition coefficient (Wildman–Crippen LogP) is 6.80. The van der Waals surface area contributed by atoms with E-state index in [9.17, 15) is 0 Å². The molecule has 0 aliphatic rings. The number of ether oxygens (including phenoxy) is 2. The number of rotatable bonds is 10. The molecule has 0 aromatic heterocycles. The zero-order valence-corrected chi connectivity index (χ0v) is 19.7. The van der Waals surface area contributed by atoms with Crippen LogP contribution in [0.25, 0.3) is 0 Å². The van der Waals surface area contributed by atoms with Crippen LogP contribution in [0.3, 0.4) is 0 Å². The number of methoxy groups -OCH3 is 1. The Hall–Kier alpha value is -2.01. The van der Waals surface area contributed by atoms with E-state index in [0.29, 0.717) is 29.2 Å². The number of halogens is 2. The number of hydrogen-bond donors (Lipinski definition) is 1. The van der Waals surface area contributed by atoms with Gasteiger partial charge in [0.25, 0.3) is 0 Å². The summed E-state index contributed by atoms with van der Waals surface area (Å²) in [7, 11) is 1.66. The Morgan fingerprint density at radius 2 is 1.70 bits per heavy atom. The summed E-state index contributed by atoms with van der Waals surface area (Å²) in [6.07, 6.45) is 2.16. The van der Waals surface area contributed by atoms with E-state index in [-0.39, 0.29) is 0 Å². The van der Waals surface area contributed by atoms with E-state index in [1.165, 1.54) is 5.56 Å². The minimum Gasteiger partial charge on any atom is -0.493 e. The zero-order chi connectivity index (χ0) is 21.3. The zero-order valence-electron chi connectivity index (χ0n) is 17.3. The summed E-state index contributed by atoms with van der Waals surface area (Å²) < 4.78 is 12.5. The fourth-order valence-electron chi connectivity index (χ4n) is 3.17. The molecule has 3 aromatic rings. The lowest BCUT2D eigenvalue weighted by molar-refractivity contribution is 0.282. The molecule has 0 spiro atoms. The highest BCUT2D eigenvalue weighted by molar-refractivity contribution is 9.10. The van der Waals surface area contributed by atoms with Gasteiger partial charge in [0.1, 0.15) is 6.61 Å². The lowest BCUT2D eigenvalue weighted by Gasteiger charge is -2.17. The van der Waals surface area contributed by atoms with Gasteiger partial charge in [0.15, 0.2) is 11.5 Å². The van der Waals surface area contributed by atoms with Crippen LogP contribution in [0.15, 0.2) is 71.2 Å². The van der Waals surface area contributed by atoms with Gasteiger partial charge in [0.05, 0.1) is 11.6 Å². The summed E-state index contributed by atoms with van der Waals surface area (Å²) >= 11 is 9.59. The third-order valence-corrected chi connectivity index (χ3v) is 5.79. The van der Waals surface area contributed by atoms with Crippen molar-refractivity contribution >= 4 is 27.5 Å². The van der Waals surface area contributed by atoms with Gasteiger partial charge in [0, 0.05) is 17.6 Å². The van der Waals surface area contributed by atoms with Crippen LogP contribution in [0.5, 0.6) is 11.5 Å². The molecule has 158 valence electrons. The highest BCUT2D eigenvalue weighted by Crippen LogP contribution is 2.37. The molecule has 0 saturated carbocycles. The normalized spacial score (nSPS) is 11.9. The van der Waals surface area contributed by atoms with E-state index in [0.717, 1.165) is 35.0 Å². The molecule has 1 atom stereocenters. The summed E-state index contributed by atoms with van der Waals surface area (Å²) in [5, 5.41) is 4.32. The Morgan fingerprint density at radius 1 is 0.967 bits per heavy atom. The maximum atomic E-state index is 6.02. The molecule has 0 unspecified atom stereocenters. The Morgan fingerprint density at radius 3 is 2.40 bits per heavy atom. The first-order valence-corrected chi connectivity index (χ1v) is 11.2. The molecule has 5 heteroatoms. The van der Waals surface area contributed by atoms with Crippen LogP contribution in [-0.4, -0.2) is 13.2 Å². The van der Waals surface area contributed by atoms with Gasteiger partial charge in [-0.2, -0.15) is 0 Å². The summed E-state index contributed by atoms with van der Waals surface area (Å²) in [6, 6.07) is 22.7. The lowest BCUT2D eigenvalue weighted by atomic mass is 10.1. The molecule has 0 saturated heterocycles. The molecule has 1 N–H and O–H groups in total. The van der Waals surface area contributed by atoms with Crippen molar-refractivity contribution in [3.8, 4) is 11.5 Å². The number of hydrogen-bond acceptors (Lipinski definition) is 3. The van der Waals surface area contributed by atoms with Gasteiger partial charge in [-0.1, -0.05) is 54.1 Å². The third kappa shape index (κ3) is 6.76. The molecule has 0 radical (unpaired) electrons. The molecular formula is C25H27BrClNO2. The van der Waals surface area contributed by atoms with Gasteiger partial charge >= 0.3 is 0 Å². The summed E-state index contributed by atoms with van der Waals surface area (Å²) in [5.74, 6) is 1.42. The number of nitrogens with one attached hydrogen (secondary N) is 1. The van der Waals surface area contributed by atoms with E-state index >= 15 is 0 Å². The molecule has 0 fully saturated rings. The van der Waals surface area contributed by atoms with Crippen LogP contribution >= 0.6 is 27.5 Å². The van der Waals surface area contributed by atoms with E-state index < -0.39 is 0 Å². The van der Waals surface area contributed by atoms with Crippen LogP contribution < -0.4 is 14.8 Å². The fraction of sp³-hybridized carbons (Fsp3) is 0.280. The maximum Gasteiger partial charge on any atom is 0.175 e. The highest BCUT2D eigenvalue weighted by atomic mass is 79.9. The van der Waals surface area contributed by atoms with Crippen molar-refractivity contribution in [3.63, 3.8) is 0 Å². The molecule has 3 aromatic carbocycles. The number of aryl methyl sites for hydroxylation is 1. The van der Waals surface area contributed by atoms with Crippen LogP contribution in [0.2, 0.25) is 5.02 Å². The van der Waals surface area contributed by atoms with Crippen molar-refractivity contribution in [2.24, 2.45) is 0 Å². The summed E-state index contributed by atoms with van der Waals surface area (Å²) in [6.45, 7) is 3.43. The quantitative estimate of drug-likeness (QED) is 0.340. The van der Waals surface area contributed by atoms with Crippen LogP contribution in [0.1, 0.15) is 30.0 Å². The Bertz CT molecular complexity index is 932. The second-order valence-electron chi connectivity index (χ2n) is 7.33. The topological polar surface area (TPSA) is 30.5 Å². The summed E-state index contributed by atoms with van der Waals surface area (Å²) in [5.41, 5.74) is 3.56. The Labute approximate surface area is 192 Å². The third-order valence-electron chi connectivity index (χ3n) is 4.95. The summed E-state index contributed by atoms with van der Waals surface area (Å²) in [4.78, 5) is 0. The first-order chi connectivity index (χ1) is 14.5. The minimum atomic E-state index is 0.413. The standard InChI is InChI=1S/C25H27BrClNO2/c1-18(8-9-19-6-4-3-5-7-19)28-16-21-14-23(26)25(24(15-21)29-2)30-17-20-10-12-22(27)13-11-20/h3-7,10-15,18,28H,8-9,16-17H2,1-2H3/t18-/m1/s1. The van der Waals surface area contributed by atoms with Crippen molar-refractivity contribution < 1.29 is 9.47 Å². The number of benzene rings is 3. The smallest absolute Gasteiger partial charge is 0.175 e. The Balaban J connectivity index is 1.56. The highest BCUT2D eigenvalue weighted by Gasteiger charge is 2.13. The lowest BCUT2D eigenvalue weighted by Crippen LogP contribution is -2.26. The van der Waals surface area contributed by atoms with Crippen molar-refractivity contribution in [2.75, 3.05) is 7.11 Å². The van der Waals surface area contributed by atoms with Gasteiger partial charge in [0.2, 0.25) is 0 Å². The average molecular weight is 489 g/mol. The van der Waals surface area contributed by atoms with Gasteiger partial charge in [-0.05, 0) is 76.7 Å². The van der Waals surface area contributed by atoms with E-state index in [2.05, 4.69) is 64.6 Å². The second kappa shape index (κ2) is 11.4. The van der Waals surface area contributed by atoms with Crippen molar-refractivity contribution in [3.05, 3.63) is 92.9 Å². The molecule has 0 aliphatic carbocycles. The Kier molecular flexibility index (Phi) is 8.61. The van der Waals surface area contributed by atoms with Crippen molar-refractivity contribution in [2.45, 2.75) is 39.0 Å². The SMILES string of the molecule is COc1cc(CN[C@H](C)CCc2ccccc2)cc(Br)c1OCc1ccc(Cl)cc1. The molecule has 3 nitrogen and oxygen atoms in total. The molecule has 3 rings (SSSR count). The minimum absolute atomic E-state index is 0.413. The fourth-order valence-corrected chi connectivity index (χ4v) is 3.90. The van der Waals surface area contributed by atoms with Crippen LogP contribution in [0.4, 0.5) is 0 Å². The molecule has 30 heavy (non-hydrogen) atoms. The van der Waals surface area contributed by atoms with Gasteiger partial charge < -0.3 is 14.8 Å². The van der Waals surface area contributed by atoms with Crippen LogP contribution in [0, 0.1) is 0 Å². The van der Waals surface area contributed by atoms with E-state index in [1.54, 1.807) is 7.11 Å². The average Bonchev–Trinajstić information content (AvgIpc) is 2.77. The monoisotopic (exact) mass is 487 g/mol. The molecule has 0 bridgehead atoms. The van der Waals surface area contributed by atoms with Gasteiger partial charge in [-0.3, -0.25) is 0 Å².